The molecule has 1 aliphatic carbocycles. The van der Waals surface area contributed by atoms with Gasteiger partial charge in [-0.05, 0) is 56.5 Å². The molecule has 0 N–H and O–H groups in total. The third-order valence-corrected chi connectivity index (χ3v) is 5.55. The van der Waals surface area contributed by atoms with Gasteiger partial charge in [-0.1, -0.05) is 18.2 Å². The summed E-state index contributed by atoms with van der Waals surface area (Å²) in [6.45, 7) is 7.65. The minimum absolute atomic E-state index is 0.119. The summed E-state index contributed by atoms with van der Waals surface area (Å²) < 4.78 is 2.42. The number of aromatic nitrogens is 1. The fourth-order valence-corrected chi connectivity index (χ4v) is 3.96. The fourth-order valence-electron chi connectivity index (χ4n) is 3.96. The number of benzene rings is 1. The highest BCUT2D eigenvalue weighted by atomic mass is 16.2. The number of carbonyl (C=O) groups excluding carboxylic acids is 1. The zero-order valence-electron chi connectivity index (χ0n) is 15.7. The largest absolute Gasteiger partial charge is 0.368 e. The number of amides is 1. The van der Waals surface area contributed by atoms with E-state index in [-0.39, 0.29) is 5.91 Å². The average molecular weight is 349 g/mol. The lowest BCUT2D eigenvalue weighted by atomic mass is 10.2. The average Bonchev–Trinajstić information content (AvgIpc) is 3.46. The number of rotatable bonds is 4. The van der Waals surface area contributed by atoms with E-state index in [9.17, 15) is 4.79 Å². The van der Waals surface area contributed by atoms with Gasteiger partial charge in [-0.2, -0.15) is 0 Å². The fraction of sp³-hybridized carbons (Fsp3) is 0.409. The second kappa shape index (κ2) is 7.02. The van der Waals surface area contributed by atoms with Gasteiger partial charge in [0.2, 0.25) is 5.91 Å². The van der Waals surface area contributed by atoms with Crippen LogP contribution in [0.2, 0.25) is 0 Å². The van der Waals surface area contributed by atoms with Gasteiger partial charge < -0.3 is 14.4 Å². The monoisotopic (exact) mass is 349 g/mol. The third-order valence-electron chi connectivity index (χ3n) is 5.55. The molecule has 1 aliphatic heterocycles. The number of hydrogen-bond donors (Lipinski definition) is 0. The molecule has 0 unspecified atom stereocenters. The highest BCUT2D eigenvalue weighted by Crippen LogP contribution is 2.38. The van der Waals surface area contributed by atoms with Crippen molar-refractivity contribution in [3.63, 3.8) is 0 Å². The lowest BCUT2D eigenvalue weighted by Crippen LogP contribution is -2.48. The van der Waals surface area contributed by atoms with Gasteiger partial charge in [0.15, 0.2) is 0 Å². The molecule has 0 radical (unpaired) electrons. The molecule has 1 aromatic carbocycles. The molecule has 26 heavy (non-hydrogen) atoms. The Kier molecular flexibility index (Phi) is 4.58. The van der Waals surface area contributed by atoms with Crippen LogP contribution in [0.5, 0.6) is 0 Å². The molecule has 4 rings (SSSR count). The van der Waals surface area contributed by atoms with Crippen molar-refractivity contribution in [1.82, 2.24) is 9.47 Å². The Labute approximate surface area is 155 Å². The van der Waals surface area contributed by atoms with Gasteiger partial charge in [0.25, 0.3) is 0 Å². The van der Waals surface area contributed by atoms with E-state index < -0.39 is 0 Å². The first-order valence-corrected chi connectivity index (χ1v) is 9.59. The highest BCUT2D eigenvalue weighted by molar-refractivity contribution is 5.92. The van der Waals surface area contributed by atoms with Gasteiger partial charge in [-0.15, -0.1) is 0 Å². The quantitative estimate of drug-likeness (QED) is 0.786. The maximum atomic E-state index is 12.6. The van der Waals surface area contributed by atoms with Crippen molar-refractivity contribution in [3.8, 4) is 0 Å². The minimum atomic E-state index is 0.119. The molecule has 4 heteroatoms. The SMILES string of the molecule is Cc1cc(/C=C/C(=O)N2CCN(c3ccccc3)CC2)c(C)n1C1CC1. The van der Waals surface area contributed by atoms with Gasteiger partial charge >= 0.3 is 0 Å². The molecule has 1 saturated heterocycles. The van der Waals surface area contributed by atoms with Crippen LogP contribution in [0.3, 0.4) is 0 Å². The van der Waals surface area contributed by atoms with E-state index in [0.717, 1.165) is 26.2 Å². The van der Waals surface area contributed by atoms with Crippen LogP contribution in [0, 0.1) is 13.8 Å². The van der Waals surface area contributed by atoms with Crippen molar-refractivity contribution < 1.29 is 4.79 Å². The van der Waals surface area contributed by atoms with Crippen LogP contribution < -0.4 is 4.90 Å². The molecule has 2 heterocycles. The molecule has 0 spiro atoms. The van der Waals surface area contributed by atoms with Crippen molar-refractivity contribution in [1.29, 1.82) is 0 Å². The number of anilines is 1. The molecular weight excluding hydrogens is 322 g/mol. The van der Waals surface area contributed by atoms with Gasteiger partial charge in [0.1, 0.15) is 0 Å². The lowest BCUT2D eigenvalue weighted by Gasteiger charge is -2.35. The van der Waals surface area contributed by atoms with Crippen LogP contribution in [-0.4, -0.2) is 41.6 Å². The standard InChI is InChI=1S/C22H27N3O/c1-17-16-19(18(2)25(17)21-9-10-21)8-11-22(26)24-14-12-23(13-15-24)20-6-4-3-5-7-20/h3-8,11,16,21H,9-10,12-15H2,1-2H3/b11-8+. The van der Waals surface area contributed by atoms with E-state index in [0.29, 0.717) is 6.04 Å². The number of hydrogen-bond acceptors (Lipinski definition) is 2. The molecule has 2 aliphatic rings. The number of carbonyl (C=O) groups is 1. The topological polar surface area (TPSA) is 28.5 Å². The molecule has 0 atom stereocenters. The maximum absolute atomic E-state index is 12.6. The van der Waals surface area contributed by atoms with Crippen molar-refractivity contribution in [3.05, 3.63) is 59.4 Å². The first-order chi connectivity index (χ1) is 12.6. The summed E-state index contributed by atoms with van der Waals surface area (Å²) in [4.78, 5) is 16.9. The Bertz CT molecular complexity index is 809. The van der Waals surface area contributed by atoms with Crippen LogP contribution in [-0.2, 0) is 4.79 Å². The Morgan fingerprint density at radius 1 is 1.04 bits per heavy atom. The first-order valence-electron chi connectivity index (χ1n) is 9.59. The molecule has 1 aromatic heterocycles. The third kappa shape index (κ3) is 3.41. The minimum Gasteiger partial charge on any atom is -0.368 e. The summed E-state index contributed by atoms with van der Waals surface area (Å²) in [6.07, 6.45) is 6.30. The van der Waals surface area contributed by atoms with Crippen molar-refractivity contribution >= 4 is 17.7 Å². The Morgan fingerprint density at radius 2 is 1.73 bits per heavy atom. The summed E-state index contributed by atoms with van der Waals surface area (Å²) in [6, 6.07) is 13.3. The van der Waals surface area contributed by atoms with Gasteiger partial charge in [0.05, 0.1) is 0 Å². The predicted molar refractivity (Wildman–Crippen MR) is 106 cm³/mol. The van der Waals surface area contributed by atoms with E-state index in [2.05, 4.69) is 53.6 Å². The Hall–Kier alpha value is -2.49. The summed E-state index contributed by atoms with van der Waals surface area (Å²) in [5, 5.41) is 0. The Balaban J connectivity index is 1.37. The summed E-state index contributed by atoms with van der Waals surface area (Å²) >= 11 is 0. The van der Waals surface area contributed by atoms with Crippen LogP contribution in [0.1, 0.15) is 35.8 Å². The molecule has 2 fully saturated rings. The molecule has 4 nitrogen and oxygen atoms in total. The number of aryl methyl sites for hydroxylation is 1. The first kappa shape index (κ1) is 17.0. The van der Waals surface area contributed by atoms with Gasteiger partial charge in [-0.25, -0.2) is 0 Å². The van der Waals surface area contributed by atoms with Crippen LogP contribution in [0.25, 0.3) is 6.08 Å². The second-order valence-electron chi connectivity index (χ2n) is 7.41. The molecule has 0 bridgehead atoms. The van der Waals surface area contributed by atoms with E-state index >= 15 is 0 Å². The van der Waals surface area contributed by atoms with E-state index in [1.54, 1.807) is 6.08 Å². The lowest BCUT2D eigenvalue weighted by molar-refractivity contribution is -0.126. The molecule has 136 valence electrons. The van der Waals surface area contributed by atoms with E-state index in [1.807, 2.05) is 17.0 Å². The molecule has 1 saturated carbocycles. The van der Waals surface area contributed by atoms with Crippen molar-refractivity contribution in [2.75, 3.05) is 31.1 Å². The zero-order valence-corrected chi connectivity index (χ0v) is 15.7. The van der Waals surface area contributed by atoms with Crippen LogP contribution in [0.4, 0.5) is 5.69 Å². The smallest absolute Gasteiger partial charge is 0.246 e. The molecular formula is C22H27N3O. The normalized spacial score (nSPS) is 17.9. The van der Waals surface area contributed by atoms with E-state index in [1.165, 1.54) is 35.5 Å². The summed E-state index contributed by atoms with van der Waals surface area (Å²) in [5.74, 6) is 0.119. The van der Waals surface area contributed by atoms with Gasteiger partial charge in [0, 0.05) is 55.4 Å². The van der Waals surface area contributed by atoms with Crippen LogP contribution in [0.15, 0.2) is 42.5 Å². The number of nitrogens with zero attached hydrogens (tertiary/aromatic N) is 3. The highest BCUT2D eigenvalue weighted by Gasteiger charge is 2.26. The summed E-state index contributed by atoms with van der Waals surface area (Å²) in [7, 11) is 0. The van der Waals surface area contributed by atoms with Gasteiger partial charge in [-0.3, -0.25) is 4.79 Å². The van der Waals surface area contributed by atoms with Crippen molar-refractivity contribution in [2.24, 2.45) is 0 Å². The zero-order chi connectivity index (χ0) is 18.1. The number of para-hydroxylation sites is 1. The van der Waals surface area contributed by atoms with Crippen molar-refractivity contribution in [2.45, 2.75) is 32.7 Å². The van der Waals surface area contributed by atoms with Crippen LogP contribution >= 0.6 is 0 Å². The maximum Gasteiger partial charge on any atom is 0.246 e. The molecule has 1 amide bonds. The Morgan fingerprint density at radius 3 is 2.38 bits per heavy atom. The predicted octanol–water partition coefficient (Wildman–Crippen LogP) is 3.80. The summed E-state index contributed by atoms with van der Waals surface area (Å²) in [5.41, 5.74) is 4.99. The second-order valence-corrected chi connectivity index (χ2v) is 7.41. The molecule has 2 aromatic rings. The number of piperazine rings is 1. The van der Waals surface area contributed by atoms with E-state index in [4.69, 9.17) is 0 Å².